The van der Waals surface area contributed by atoms with Gasteiger partial charge in [-0.2, -0.15) is 0 Å². The van der Waals surface area contributed by atoms with E-state index in [1.807, 2.05) is 0 Å². The summed E-state index contributed by atoms with van der Waals surface area (Å²) in [7, 11) is 1.68. The Labute approximate surface area is 118 Å². The van der Waals surface area contributed by atoms with Crippen molar-refractivity contribution in [2.24, 2.45) is 17.3 Å². The van der Waals surface area contributed by atoms with Gasteiger partial charge in [0.15, 0.2) is 0 Å². The molecule has 0 amide bonds. The van der Waals surface area contributed by atoms with Crippen molar-refractivity contribution < 1.29 is 14.3 Å². The molecular formula is C16H30O3. The van der Waals surface area contributed by atoms with Gasteiger partial charge in [-0.25, -0.2) is 0 Å². The second kappa shape index (κ2) is 8.01. The summed E-state index contributed by atoms with van der Waals surface area (Å²) in [6, 6.07) is 0. The van der Waals surface area contributed by atoms with Crippen LogP contribution in [0.2, 0.25) is 0 Å². The van der Waals surface area contributed by atoms with Gasteiger partial charge in [-0.15, -0.1) is 0 Å². The zero-order chi connectivity index (χ0) is 14.3. The second-order valence-corrected chi connectivity index (χ2v) is 6.60. The SMILES string of the molecule is COCCOCCCC(C)(C)C1CCC(C)CC1=O. The Morgan fingerprint density at radius 1 is 1.21 bits per heavy atom. The summed E-state index contributed by atoms with van der Waals surface area (Å²) in [5, 5.41) is 0. The van der Waals surface area contributed by atoms with Gasteiger partial charge in [0.2, 0.25) is 0 Å². The van der Waals surface area contributed by atoms with Crippen molar-refractivity contribution in [3.63, 3.8) is 0 Å². The molecule has 1 fully saturated rings. The number of hydrogen-bond acceptors (Lipinski definition) is 3. The third-order valence-electron chi connectivity index (χ3n) is 4.37. The Bertz CT molecular complexity index is 273. The van der Waals surface area contributed by atoms with Crippen molar-refractivity contribution in [1.29, 1.82) is 0 Å². The third-order valence-corrected chi connectivity index (χ3v) is 4.37. The lowest BCUT2D eigenvalue weighted by Gasteiger charge is -2.37. The lowest BCUT2D eigenvalue weighted by Crippen LogP contribution is -2.35. The van der Waals surface area contributed by atoms with E-state index in [0.29, 0.717) is 24.9 Å². The molecular weight excluding hydrogens is 240 g/mol. The summed E-state index contributed by atoms with van der Waals surface area (Å²) in [5.74, 6) is 1.31. The first-order chi connectivity index (χ1) is 8.97. The van der Waals surface area contributed by atoms with E-state index in [2.05, 4.69) is 20.8 Å². The summed E-state index contributed by atoms with van der Waals surface area (Å²) in [4.78, 5) is 12.2. The monoisotopic (exact) mass is 270 g/mol. The maximum Gasteiger partial charge on any atom is 0.136 e. The molecule has 2 atom stereocenters. The number of methoxy groups -OCH3 is 1. The molecule has 0 saturated heterocycles. The minimum absolute atomic E-state index is 0.113. The normalized spacial score (nSPS) is 24.7. The number of Topliss-reactive ketones (excluding diaryl/α,β-unsaturated/α-hetero) is 1. The molecule has 3 nitrogen and oxygen atoms in total. The van der Waals surface area contributed by atoms with Crippen LogP contribution in [0.15, 0.2) is 0 Å². The molecule has 0 aromatic rings. The van der Waals surface area contributed by atoms with Crippen LogP contribution in [-0.4, -0.2) is 32.7 Å². The first kappa shape index (κ1) is 16.6. The Morgan fingerprint density at radius 3 is 2.58 bits per heavy atom. The highest BCUT2D eigenvalue weighted by Gasteiger charge is 2.37. The van der Waals surface area contributed by atoms with E-state index in [-0.39, 0.29) is 11.3 Å². The van der Waals surface area contributed by atoms with Gasteiger partial charge in [-0.05, 0) is 37.0 Å². The lowest BCUT2D eigenvalue weighted by molar-refractivity contribution is -0.130. The molecule has 112 valence electrons. The van der Waals surface area contributed by atoms with Gasteiger partial charge in [-0.1, -0.05) is 20.8 Å². The van der Waals surface area contributed by atoms with Crippen molar-refractivity contribution in [2.45, 2.75) is 52.9 Å². The minimum Gasteiger partial charge on any atom is -0.382 e. The fourth-order valence-electron chi connectivity index (χ4n) is 3.07. The smallest absolute Gasteiger partial charge is 0.136 e. The van der Waals surface area contributed by atoms with Gasteiger partial charge >= 0.3 is 0 Å². The maximum absolute atomic E-state index is 12.2. The first-order valence-electron chi connectivity index (χ1n) is 7.56. The molecule has 0 N–H and O–H groups in total. The van der Waals surface area contributed by atoms with Crippen LogP contribution in [0.3, 0.4) is 0 Å². The van der Waals surface area contributed by atoms with E-state index in [9.17, 15) is 4.79 Å². The molecule has 0 radical (unpaired) electrons. The lowest BCUT2D eigenvalue weighted by atomic mass is 9.66. The Balaban J connectivity index is 2.28. The Hall–Kier alpha value is -0.410. The molecule has 0 bridgehead atoms. The second-order valence-electron chi connectivity index (χ2n) is 6.60. The summed E-state index contributed by atoms with van der Waals surface area (Å²) in [5.41, 5.74) is 0.113. The Morgan fingerprint density at radius 2 is 1.95 bits per heavy atom. The topological polar surface area (TPSA) is 35.5 Å². The summed E-state index contributed by atoms with van der Waals surface area (Å²) in [6.45, 7) is 8.75. The highest BCUT2D eigenvalue weighted by Crippen LogP contribution is 2.40. The van der Waals surface area contributed by atoms with Crippen molar-refractivity contribution in [1.82, 2.24) is 0 Å². The molecule has 2 unspecified atom stereocenters. The highest BCUT2D eigenvalue weighted by molar-refractivity contribution is 5.82. The number of carbonyl (C=O) groups excluding carboxylic acids is 1. The fourth-order valence-corrected chi connectivity index (χ4v) is 3.07. The van der Waals surface area contributed by atoms with Crippen LogP contribution in [0.25, 0.3) is 0 Å². The van der Waals surface area contributed by atoms with Gasteiger partial charge in [0.1, 0.15) is 5.78 Å². The molecule has 1 aliphatic rings. The van der Waals surface area contributed by atoms with Gasteiger partial charge in [-0.3, -0.25) is 4.79 Å². The van der Waals surface area contributed by atoms with Crippen LogP contribution in [0.5, 0.6) is 0 Å². The van der Waals surface area contributed by atoms with E-state index in [4.69, 9.17) is 9.47 Å². The molecule has 3 heteroatoms. The van der Waals surface area contributed by atoms with Crippen molar-refractivity contribution in [3.05, 3.63) is 0 Å². The van der Waals surface area contributed by atoms with Gasteiger partial charge in [0, 0.05) is 26.1 Å². The average molecular weight is 270 g/mol. The van der Waals surface area contributed by atoms with E-state index in [1.165, 1.54) is 6.42 Å². The predicted molar refractivity (Wildman–Crippen MR) is 77.2 cm³/mol. The minimum atomic E-state index is 0.113. The molecule has 1 saturated carbocycles. The van der Waals surface area contributed by atoms with Gasteiger partial charge < -0.3 is 9.47 Å². The average Bonchev–Trinajstić information content (AvgIpc) is 2.33. The van der Waals surface area contributed by atoms with Crippen LogP contribution in [0, 0.1) is 17.3 Å². The zero-order valence-corrected chi connectivity index (χ0v) is 13.0. The van der Waals surface area contributed by atoms with Crippen molar-refractivity contribution >= 4 is 5.78 Å². The highest BCUT2D eigenvalue weighted by atomic mass is 16.5. The Kier molecular flexibility index (Phi) is 7.01. The predicted octanol–water partition coefficient (Wildman–Crippen LogP) is 3.46. The quantitative estimate of drug-likeness (QED) is 0.634. The number of ether oxygens (including phenoxy) is 2. The molecule has 19 heavy (non-hydrogen) atoms. The number of rotatable bonds is 8. The van der Waals surface area contributed by atoms with Crippen LogP contribution in [-0.2, 0) is 14.3 Å². The standard InChI is InChI=1S/C16H30O3/c1-13-6-7-14(15(17)12-13)16(2,3)8-5-9-19-11-10-18-4/h13-14H,5-12H2,1-4H3. The number of ketones is 1. The van der Waals surface area contributed by atoms with E-state index < -0.39 is 0 Å². The first-order valence-corrected chi connectivity index (χ1v) is 7.56. The molecule has 1 aliphatic carbocycles. The molecule has 0 heterocycles. The molecule has 1 rings (SSSR count). The molecule has 0 aromatic heterocycles. The largest absolute Gasteiger partial charge is 0.382 e. The number of hydrogen-bond donors (Lipinski definition) is 0. The van der Waals surface area contributed by atoms with Crippen LogP contribution in [0.4, 0.5) is 0 Å². The third kappa shape index (κ3) is 5.62. The van der Waals surface area contributed by atoms with E-state index in [1.54, 1.807) is 7.11 Å². The molecule has 0 spiro atoms. The maximum atomic E-state index is 12.2. The van der Waals surface area contributed by atoms with Gasteiger partial charge in [0.05, 0.1) is 13.2 Å². The summed E-state index contributed by atoms with van der Waals surface area (Å²) >= 11 is 0. The summed E-state index contributed by atoms with van der Waals surface area (Å²) < 4.78 is 10.4. The van der Waals surface area contributed by atoms with E-state index in [0.717, 1.165) is 32.3 Å². The molecule has 0 aliphatic heterocycles. The van der Waals surface area contributed by atoms with Crippen molar-refractivity contribution in [3.8, 4) is 0 Å². The van der Waals surface area contributed by atoms with E-state index >= 15 is 0 Å². The van der Waals surface area contributed by atoms with Gasteiger partial charge in [0.25, 0.3) is 0 Å². The zero-order valence-electron chi connectivity index (χ0n) is 13.0. The molecule has 0 aromatic carbocycles. The fraction of sp³-hybridized carbons (Fsp3) is 0.938. The van der Waals surface area contributed by atoms with Crippen LogP contribution >= 0.6 is 0 Å². The van der Waals surface area contributed by atoms with Crippen LogP contribution in [0.1, 0.15) is 52.9 Å². The summed E-state index contributed by atoms with van der Waals surface area (Å²) in [6.07, 6.45) is 5.13. The number of carbonyl (C=O) groups is 1. The van der Waals surface area contributed by atoms with Crippen molar-refractivity contribution in [2.75, 3.05) is 26.9 Å². The van der Waals surface area contributed by atoms with Crippen LogP contribution < -0.4 is 0 Å².